The van der Waals surface area contributed by atoms with Crippen molar-refractivity contribution >= 4 is 6.03 Å². The summed E-state index contributed by atoms with van der Waals surface area (Å²) in [5.41, 5.74) is 5.33. The van der Waals surface area contributed by atoms with Gasteiger partial charge < -0.3 is 15.0 Å². The summed E-state index contributed by atoms with van der Waals surface area (Å²) in [6.07, 6.45) is 5.34. The van der Waals surface area contributed by atoms with Gasteiger partial charge in [-0.05, 0) is 73.3 Å². The van der Waals surface area contributed by atoms with Gasteiger partial charge in [0, 0.05) is 38.3 Å². The lowest BCUT2D eigenvalue weighted by Gasteiger charge is -2.52. The van der Waals surface area contributed by atoms with Gasteiger partial charge in [-0.3, -0.25) is 4.90 Å². The van der Waals surface area contributed by atoms with E-state index in [2.05, 4.69) is 58.4 Å². The summed E-state index contributed by atoms with van der Waals surface area (Å²) >= 11 is 0. The summed E-state index contributed by atoms with van der Waals surface area (Å²) in [5.74, 6) is 1.57. The second-order valence-electron chi connectivity index (χ2n) is 9.65. The Morgan fingerprint density at radius 3 is 2.84 bits per heavy atom. The molecule has 3 heterocycles. The number of nitrogens with zero attached hydrogens (tertiary/aromatic N) is 2. The maximum Gasteiger partial charge on any atom is 0.317 e. The number of benzene rings is 2. The zero-order valence-electron chi connectivity index (χ0n) is 19.3. The molecule has 1 N–H and O–H groups in total. The first-order valence-corrected chi connectivity index (χ1v) is 12.1. The van der Waals surface area contributed by atoms with E-state index in [0.29, 0.717) is 24.5 Å². The van der Waals surface area contributed by atoms with Crippen LogP contribution in [0.3, 0.4) is 0 Å². The molecular weight excluding hydrogens is 398 g/mol. The van der Waals surface area contributed by atoms with Crippen LogP contribution in [0.5, 0.6) is 5.75 Å². The van der Waals surface area contributed by atoms with E-state index in [4.69, 9.17) is 4.74 Å². The Morgan fingerprint density at radius 1 is 1.19 bits per heavy atom. The van der Waals surface area contributed by atoms with Crippen molar-refractivity contribution in [2.24, 2.45) is 5.92 Å². The molecule has 5 heteroatoms. The van der Waals surface area contributed by atoms with Crippen LogP contribution in [0.25, 0.3) is 0 Å². The molecule has 0 unspecified atom stereocenters. The predicted octanol–water partition coefficient (Wildman–Crippen LogP) is 4.34. The molecule has 3 atom stereocenters. The summed E-state index contributed by atoms with van der Waals surface area (Å²) in [7, 11) is 1.76. The minimum absolute atomic E-state index is 0.117. The molecule has 5 nitrogen and oxygen atoms in total. The van der Waals surface area contributed by atoms with Gasteiger partial charge in [0.05, 0.1) is 7.11 Å². The third-order valence-corrected chi connectivity index (χ3v) is 7.77. The third kappa shape index (κ3) is 4.11. The van der Waals surface area contributed by atoms with Crippen LogP contribution in [0.15, 0.2) is 42.5 Å². The molecule has 3 aliphatic rings. The highest BCUT2D eigenvalue weighted by atomic mass is 16.5. The quantitative estimate of drug-likeness (QED) is 0.780. The number of likely N-dealkylation sites (tertiary alicyclic amines) is 1. The van der Waals surface area contributed by atoms with Gasteiger partial charge in [0.15, 0.2) is 0 Å². The van der Waals surface area contributed by atoms with Gasteiger partial charge in [0.2, 0.25) is 0 Å². The normalized spacial score (nSPS) is 24.8. The van der Waals surface area contributed by atoms with Gasteiger partial charge in [-0.25, -0.2) is 4.79 Å². The topological polar surface area (TPSA) is 44.8 Å². The van der Waals surface area contributed by atoms with Crippen molar-refractivity contribution in [2.45, 2.75) is 51.1 Å². The van der Waals surface area contributed by atoms with E-state index in [9.17, 15) is 4.79 Å². The molecular formula is C27H35N3O2. The van der Waals surface area contributed by atoms with E-state index in [1.54, 1.807) is 7.11 Å². The Labute approximate surface area is 191 Å². The molecule has 2 amide bonds. The monoisotopic (exact) mass is 433 g/mol. The van der Waals surface area contributed by atoms with E-state index >= 15 is 0 Å². The highest BCUT2D eigenvalue weighted by molar-refractivity contribution is 5.74. The fraction of sp³-hybridized carbons (Fsp3) is 0.519. The SMILES string of the molecule is COc1cc2c(cc1C)[C@@H]1C[C@H]3[C@H](CCCN3C(=O)NCCc3ccccc3)CN1CC2. The van der Waals surface area contributed by atoms with Crippen molar-refractivity contribution in [3.8, 4) is 5.75 Å². The standard InChI is InChI=1S/C27H35N3O2/c1-19-15-23-21(16-26(19)32-2)11-14-29-18-22-9-6-13-30(24(22)17-25(23)29)27(31)28-12-10-20-7-4-3-5-8-20/h3-5,7-8,15-16,22,24-25H,6,9-14,17-18H2,1-2H3,(H,28,31)/t22-,24+,25+/m1/s1. The number of hydrogen-bond donors (Lipinski definition) is 1. The van der Waals surface area contributed by atoms with Crippen LogP contribution in [-0.4, -0.2) is 55.2 Å². The number of nitrogens with one attached hydrogen (secondary N) is 1. The second-order valence-corrected chi connectivity index (χ2v) is 9.65. The second kappa shape index (κ2) is 9.14. The number of rotatable bonds is 4. The van der Waals surface area contributed by atoms with Crippen molar-refractivity contribution in [3.63, 3.8) is 0 Å². The predicted molar refractivity (Wildman–Crippen MR) is 127 cm³/mol. The van der Waals surface area contributed by atoms with E-state index in [0.717, 1.165) is 51.1 Å². The van der Waals surface area contributed by atoms with E-state index < -0.39 is 0 Å². The number of aryl methyl sites for hydroxylation is 1. The average Bonchev–Trinajstić information content (AvgIpc) is 2.82. The van der Waals surface area contributed by atoms with Crippen molar-refractivity contribution in [3.05, 3.63) is 64.7 Å². The van der Waals surface area contributed by atoms with E-state index in [-0.39, 0.29) is 6.03 Å². The maximum atomic E-state index is 13.2. The highest BCUT2D eigenvalue weighted by Gasteiger charge is 2.44. The molecule has 0 aliphatic carbocycles. The number of piperidine rings is 2. The maximum absolute atomic E-state index is 13.2. The summed E-state index contributed by atoms with van der Waals surface area (Å²) in [5, 5.41) is 3.21. The summed E-state index contributed by atoms with van der Waals surface area (Å²) < 4.78 is 5.58. The largest absolute Gasteiger partial charge is 0.496 e. The van der Waals surface area contributed by atoms with Crippen molar-refractivity contribution in [1.82, 2.24) is 15.1 Å². The molecule has 32 heavy (non-hydrogen) atoms. The van der Waals surface area contributed by atoms with Gasteiger partial charge in [-0.1, -0.05) is 36.4 Å². The number of carbonyl (C=O) groups is 1. The summed E-state index contributed by atoms with van der Waals surface area (Å²) in [6.45, 7) is 5.91. The molecule has 0 aromatic heterocycles. The first-order chi connectivity index (χ1) is 15.6. The summed E-state index contributed by atoms with van der Waals surface area (Å²) in [4.78, 5) is 18.0. The number of urea groups is 1. The van der Waals surface area contributed by atoms with Crippen LogP contribution in [0.2, 0.25) is 0 Å². The summed E-state index contributed by atoms with van der Waals surface area (Å²) in [6, 6.07) is 15.8. The number of fused-ring (bicyclic) bond motifs is 4. The van der Waals surface area contributed by atoms with Gasteiger partial charge in [0.25, 0.3) is 0 Å². The number of ether oxygens (including phenoxy) is 1. The Kier molecular flexibility index (Phi) is 6.09. The minimum atomic E-state index is 0.117. The molecule has 170 valence electrons. The Balaban J connectivity index is 1.29. The molecule has 5 rings (SSSR count). The van der Waals surface area contributed by atoms with Crippen molar-refractivity contribution in [2.75, 3.05) is 33.3 Å². The number of carbonyl (C=O) groups excluding carboxylic acids is 1. The Hall–Kier alpha value is -2.53. The number of amides is 2. The van der Waals surface area contributed by atoms with Gasteiger partial charge in [0.1, 0.15) is 5.75 Å². The van der Waals surface area contributed by atoms with Crippen LogP contribution in [0, 0.1) is 12.8 Å². The van der Waals surface area contributed by atoms with Crippen LogP contribution >= 0.6 is 0 Å². The van der Waals surface area contributed by atoms with Crippen LogP contribution < -0.4 is 10.1 Å². The van der Waals surface area contributed by atoms with Gasteiger partial charge in [-0.2, -0.15) is 0 Å². The number of methoxy groups -OCH3 is 1. The average molecular weight is 434 g/mol. The molecule has 2 aromatic carbocycles. The van der Waals surface area contributed by atoms with Crippen molar-refractivity contribution < 1.29 is 9.53 Å². The molecule has 0 radical (unpaired) electrons. The lowest BCUT2D eigenvalue weighted by atomic mass is 9.76. The first-order valence-electron chi connectivity index (χ1n) is 12.1. The molecule has 3 aliphatic heterocycles. The molecule has 0 spiro atoms. The molecule has 0 saturated carbocycles. The Morgan fingerprint density at radius 2 is 2.03 bits per heavy atom. The zero-order valence-corrected chi connectivity index (χ0v) is 19.3. The van der Waals surface area contributed by atoms with Crippen LogP contribution in [0.4, 0.5) is 4.79 Å². The third-order valence-electron chi connectivity index (χ3n) is 7.77. The smallest absolute Gasteiger partial charge is 0.317 e. The fourth-order valence-corrected chi connectivity index (χ4v) is 6.12. The fourth-order valence-electron chi connectivity index (χ4n) is 6.12. The van der Waals surface area contributed by atoms with E-state index in [1.165, 1.54) is 28.7 Å². The zero-order chi connectivity index (χ0) is 22.1. The van der Waals surface area contributed by atoms with Crippen LogP contribution in [-0.2, 0) is 12.8 Å². The Bertz CT molecular complexity index is 961. The first kappa shape index (κ1) is 21.3. The van der Waals surface area contributed by atoms with Gasteiger partial charge >= 0.3 is 6.03 Å². The minimum Gasteiger partial charge on any atom is -0.496 e. The number of hydrogen-bond acceptors (Lipinski definition) is 3. The van der Waals surface area contributed by atoms with Crippen molar-refractivity contribution in [1.29, 1.82) is 0 Å². The molecule has 2 saturated heterocycles. The van der Waals surface area contributed by atoms with E-state index in [1.807, 2.05) is 6.07 Å². The lowest BCUT2D eigenvalue weighted by molar-refractivity contribution is 0.00574. The van der Waals surface area contributed by atoms with Crippen LogP contribution in [0.1, 0.15) is 47.6 Å². The van der Waals surface area contributed by atoms with Gasteiger partial charge in [-0.15, -0.1) is 0 Å². The lowest BCUT2D eigenvalue weighted by Crippen LogP contribution is -2.59. The molecule has 0 bridgehead atoms. The molecule has 2 fully saturated rings. The highest BCUT2D eigenvalue weighted by Crippen LogP contribution is 2.44. The molecule has 2 aromatic rings.